The zero-order valence-electron chi connectivity index (χ0n) is 17.2. The quantitative estimate of drug-likeness (QED) is 0.382. The first-order valence-electron chi connectivity index (χ1n) is 10.9. The van der Waals surface area contributed by atoms with Crippen LogP contribution < -0.4 is 5.32 Å². The van der Waals surface area contributed by atoms with Crippen molar-refractivity contribution < 1.29 is 9.47 Å². The van der Waals surface area contributed by atoms with Gasteiger partial charge < -0.3 is 19.7 Å². The average Bonchev–Trinajstić information content (AvgIpc) is 2.88. The highest BCUT2D eigenvalue weighted by molar-refractivity contribution is 5.80. The van der Waals surface area contributed by atoms with Crippen LogP contribution in [0, 0.1) is 5.41 Å². The first-order valence-corrected chi connectivity index (χ1v) is 10.9. The zero-order chi connectivity index (χ0) is 18.5. The Hall–Kier alpha value is -0.810. The Morgan fingerprint density at radius 2 is 1.77 bits per heavy atom. The fourth-order valence-corrected chi connectivity index (χ4v) is 4.45. The van der Waals surface area contributed by atoms with Crippen molar-refractivity contribution in [1.29, 1.82) is 0 Å². The van der Waals surface area contributed by atoms with Gasteiger partial charge in [0.2, 0.25) is 0 Å². The maximum Gasteiger partial charge on any atom is 0.193 e. The lowest BCUT2D eigenvalue weighted by Crippen LogP contribution is -2.50. The van der Waals surface area contributed by atoms with Crippen molar-refractivity contribution in [1.82, 2.24) is 10.2 Å². The van der Waals surface area contributed by atoms with Crippen molar-refractivity contribution >= 4 is 5.96 Å². The summed E-state index contributed by atoms with van der Waals surface area (Å²) in [5, 5.41) is 3.54. The van der Waals surface area contributed by atoms with Crippen molar-refractivity contribution in [2.24, 2.45) is 10.4 Å². The van der Waals surface area contributed by atoms with Gasteiger partial charge in [0.1, 0.15) is 0 Å². The van der Waals surface area contributed by atoms with E-state index in [-0.39, 0.29) is 0 Å². The van der Waals surface area contributed by atoms with E-state index >= 15 is 0 Å². The molecule has 1 N–H and O–H groups in total. The predicted molar refractivity (Wildman–Crippen MR) is 109 cm³/mol. The zero-order valence-corrected chi connectivity index (χ0v) is 17.2. The van der Waals surface area contributed by atoms with E-state index in [4.69, 9.17) is 14.5 Å². The molecule has 1 spiro atoms. The van der Waals surface area contributed by atoms with E-state index in [9.17, 15) is 0 Å². The highest BCUT2D eigenvalue weighted by atomic mass is 16.5. The molecular weight excluding hydrogens is 326 g/mol. The molecular formula is C21H41N3O2. The van der Waals surface area contributed by atoms with E-state index in [0.717, 1.165) is 45.0 Å². The number of hydrogen-bond donors (Lipinski definition) is 1. The van der Waals surface area contributed by atoms with Gasteiger partial charge in [-0.2, -0.15) is 0 Å². The number of nitrogens with zero attached hydrogens (tertiary/aromatic N) is 2. The molecule has 0 amide bonds. The summed E-state index contributed by atoms with van der Waals surface area (Å²) >= 11 is 0. The van der Waals surface area contributed by atoms with Crippen LogP contribution in [0.3, 0.4) is 0 Å². The number of aliphatic imine (C=N–C) groups is 1. The van der Waals surface area contributed by atoms with Gasteiger partial charge in [-0.05, 0) is 50.9 Å². The fourth-order valence-electron chi connectivity index (χ4n) is 4.45. The number of methoxy groups -OCH3 is 1. The molecule has 1 aliphatic heterocycles. The van der Waals surface area contributed by atoms with E-state index in [0.29, 0.717) is 18.6 Å². The second-order valence-electron chi connectivity index (χ2n) is 7.99. The third-order valence-corrected chi connectivity index (χ3v) is 5.85. The summed E-state index contributed by atoms with van der Waals surface area (Å²) in [6.07, 6.45) is 13.4. The minimum Gasteiger partial charge on any atom is -0.382 e. The first-order chi connectivity index (χ1) is 12.8. The highest BCUT2D eigenvalue weighted by Crippen LogP contribution is 2.42. The Morgan fingerprint density at radius 1 is 1.00 bits per heavy atom. The monoisotopic (exact) mass is 367 g/mol. The van der Waals surface area contributed by atoms with Crippen LogP contribution in [0.2, 0.25) is 0 Å². The van der Waals surface area contributed by atoms with Gasteiger partial charge in [0.05, 0.1) is 13.2 Å². The number of unbranched alkanes of at least 4 members (excludes halogenated alkanes) is 1. The van der Waals surface area contributed by atoms with Gasteiger partial charge >= 0.3 is 0 Å². The van der Waals surface area contributed by atoms with E-state index < -0.39 is 0 Å². The van der Waals surface area contributed by atoms with Gasteiger partial charge in [0.25, 0.3) is 0 Å². The Bertz CT molecular complexity index is 393. The summed E-state index contributed by atoms with van der Waals surface area (Å²) in [5.41, 5.74) is 0.556. The molecule has 1 saturated heterocycles. The van der Waals surface area contributed by atoms with Crippen LogP contribution in [-0.4, -0.2) is 64.0 Å². The average molecular weight is 368 g/mol. The minimum absolute atomic E-state index is 0.556. The molecule has 2 aliphatic rings. The lowest BCUT2D eigenvalue weighted by Gasteiger charge is -2.44. The number of likely N-dealkylation sites (tertiary alicyclic amines) is 1. The highest BCUT2D eigenvalue weighted by Gasteiger charge is 2.36. The second-order valence-corrected chi connectivity index (χ2v) is 7.99. The lowest BCUT2D eigenvalue weighted by molar-refractivity contribution is 0.0690. The number of hydrogen-bond acceptors (Lipinski definition) is 3. The number of rotatable bonds is 9. The third kappa shape index (κ3) is 7.43. The largest absolute Gasteiger partial charge is 0.382 e. The smallest absolute Gasteiger partial charge is 0.193 e. The normalized spacial score (nSPS) is 21.0. The van der Waals surface area contributed by atoms with Crippen LogP contribution in [0.25, 0.3) is 0 Å². The second kappa shape index (κ2) is 12.6. The van der Waals surface area contributed by atoms with E-state index in [2.05, 4.69) is 17.1 Å². The Balaban J connectivity index is 1.79. The lowest BCUT2D eigenvalue weighted by atomic mass is 9.74. The first kappa shape index (κ1) is 21.5. The molecule has 0 aromatic rings. The maximum atomic E-state index is 5.53. The van der Waals surface area contributed by atoms with Gasteiger partial charge in [-0.15, -0.1) is 0 Å². The van der Waals surface area contributed by atoms with Crippen molar-refractivity contribution in [3.8, 4) is 0 Å². The fraction of sp³-hybridized carbons (Fsp3) is 0.952. The van der Waals surface area contributed by atoms with Gasteiger partial charge in [0, 0.05) is 39.9 Å². The molecule has 5 nitrogen and oxygen atoms in total. The van der Waals surface area contributed by atoms with Gasteiger partial charge in [-0.3, -0.25) is 4.99 Å². The molecule has 2 fully saturated rings. The molecule has 26 heavy (non-hydrogen) atoms. The number of nitrogens with one attached hydrogen (secondary N) is 1. The van der Waals surface area contributed by atoms with Crippen LogP contribution in [0.5, 0.6) is 0 Å². The standard InChI is InChI=1S/C21H41N3O2/c1-3-22-20(23-14-8-9-16-26-18-17-25-2)24-15-10-13-21(19-24)11-6-4-5-7-12-21/h3-19H2,1-2H3,(H,22,23). The Morgan fingerprint density at radius 3 is 2.50 bits per heavy atom. The summed E-state index contributed by atoms with van der Waals surface area (Å²) in [7, 11) is 1.71. The molecule has 1 aliphatic carbocycles. The molecule has 5 heteroatoms. The van der Waals surface area contributed by atoms with Crippen LogP contribution in [0.15, 0.2) is 4.99 Å². The molecule has 0 unspecified atom stereocenters. The molecule has 1 saturated carbocycles. The van der Waals surface area contributed by atoms with Crippen molar-refractivity contribution in [2.75, 3.05) is 53.1 Å². The van der Waals surface area contributed by atoms with E-state index in [1.54, 1.807) is 7.11 Å². The summed E-state index contributed by atoms with van der Waals surface area (Å²) < 4.78 is 10.5. The number of ether oxygens (including phenoxy) is 2. The predicted octanol–water partition coefficient (Wildman–Crippen LogP) is 3.83. The van der Waals surface area contributed by atoms with E-state index in [1.165, 1.54) is 57.9 Å². The number of piperidine rings is 1. The van der Waals surface area contributed by atoms with Gasteiger partial charge in [-0.1, -0.05) is 25.7 Å². The van der Waals surface area contributed by atoms with Crippen LogP contribution in [-0.2, 0) is 9.47 Å². The molecule has 1 heterocycles. The Labute approximate surface area is 160 Å². The molecule has 0 bridgehead atoms. The minimum atomic E-state index is 0.556. The molecule has 152 valence electrons. The van der Waals surface area contributed by atoms with Crippen LogP contribution >= 0.6 is 0 Å². The molecule has 0 aromatic carbocycles. The van der Waals surface area contributed by atoms with Crippen molar-refractivity contribution in [3.63, 3.8) is 0 Å². The molecule has 0 aromatic heterocycles. The maximum absolute atomic E-state index is 5.53. The molecule has 0 atom stereocenters. The topological polar surface area (TPSA) is 46.1 Å². The summed E-state index contributed by atoms with van der Waals surface area (Å²) in [6.45, 7) is 8.55. The van der Waals surface area contributed by atoms with E-state index in [1.807, 2.05) is 0 Å². The SMILES string of the molecule is CCNC(=NCCCCOCCOC)N1CCCC2(CCCCCC2)C1. The number of guanidine groups is 1. The van der Waals surface area contributed by atoms with Crippen LogP contribution in [0.1, 0.15) is 71.1 Å². The van der Waals surface area contributed by atoms with Crippen molar-refractivity contribution in [3.05, 3.63) is 0 Å². The molecule has 0 radical (unpaired) electrons. The van der Waals surface area contributed by atoms with Crippen molar-refractivity contribution in [2.45, 2.75) is 71.1 Å². The van der Waals surface area contributed by atoms with Gasteiger partial charge in [-0.25, -0.2) is 0 Å². The summed E-state index contributed by atoms with van der Waals surface area (Å²) in [6, 6.07) is 0. The Kier molecular flexibility index (Phi) is 10.4. The third-order valence-electron chi connectivity index (χ3n) is 5.85. The molecule has 2 rings (SSSR count). The van der Waals surface area contributed by atoms with Gasteiger partial charge in [0.15, 0.2) is 5.96 Å². The van der Waals surface area contributed by atoms with Crippen LogP contribution in [0.4, 0.5) is 0 Å². The summed E-state index contributed by atoms with van der Waals surface area (Å²) in [5.74, 6) is 1.14. The summed E-state index contributed by atoms with van der Waals surface area (Å²) in [4.78, 5) is 7.47.